The van der Waals surface area contributed by atoms with Gasteiger partial charge < -0.3 is 10.3 Å². The highest BCUT2D eigenvalue weighted by molar-refractivity contribution is 6.04. The number of nitrogens with two attached hydrogens (primary N) is 1. The van der Waals surface area contributed by atoms with Crippen LogP contribution in [0.1, 0.15) is 105 Å². The molecule has 5 aliphatic rings. The average Bonchev–Trinajstić information content (AvgIpc) is 3.37. The molecule has 3 fully saturated rings. The summed E-state index contributed by atoms with van der Waals surface area (Å²) in [7, 11) is 0. The minimum Gasteiger partial charge on any atom is -0.339 e. The Morgan fingerprint density at radius 1 is 1.05 bits per heavy atom. The molecule has 7 atom stereocenters. The molecule has 0 spiro atoms. The highest BCUT2D eigenvalue weighted by Crippen LogP contribution is 2.74. The molecular formula is C34H46N4O3. The van der Waals surface area contributed by atoms with E-state index in [4.69, 9.17) is 15.2 Å². The summed E-state index contributed by atoms with van der Waals surface area (Å²) in [5.41, 5.74) is 5.27. The Labute approximate surface area is 244 Å². The molecule has 1 heterocycles. The van der Waals surface area contributed by atoms with Crippen molar-refractivity contribution in [2.24, 2.45) is 50.6 Å². The maximum Gasteiger partial charge on any atom is 0.233 e. The minimum atomic E-state index is -0.661. The van der Waals surface area contributed by atoms with E-state index in [9.17, 15) is 14.9 Å². The first-order valence-corrected chi connectivity index (χ1v) is 15.6. The fourth-order valence-electron chi connectivity index (χ4n) is 10.7. The first kappa shape index (κ1) is 28.5. The van der Waals surface area contributed by atoms with E-state index in [2.05, 4.69) is 45.8 Å². The van der Waals surface area contributed by atoms with Gasteiger partial charge in [0, 0.05) is 23.2 Å². The van der Waals surface area contributed by atoms with E-state index < -0.39 is 10.8 Å². The Morgan fingerprint density at radius 3 is 2.44 bits per heavy atom. The molecular weight excluding hydrogens is 512 g/mol. The number of nitriles is 1. The van der Waals surface area contributed by atoms with Crippen LogP contribution in [-0.4, -0.2) is 28.3 Å². The zero-order valence-electron chi connectivity index (χ0n) is 25.9. The summed E-state index contributed by atoms with van der Waals surface area (Å²) in [5.74, 6) is 1.45. The lowest BCUT2D eigenvalue weighted by Crippen LogP contribution is -2.65. The number of hydrogen-bond acceptors (Lipinski definition) is 7. The molecule has 0 radical (unpaired) electrons. The van der Waals surface area contributed by atoms with Gasteiger partial charge in [-0.15, -0.1) is 0 Å². The van der Waals surface area contributed by atoms with Gasteiger partial charge in [-0.05, 0) is 85.6 Å². The maximum atomic E-state index is 14.7. The van der Waals surface area contributed by atoms with E-state index in [0.717, 1.165) is 50.5 Å². The Hall–Kier alpha value is -2.59. The van der Waals surface area contributed by atoms with Crippen LogP contribution < -0.4 is 5.73 Å². The SMILES string of the molecule is CC1(C)CC[C@]2(c3nc(CCN)no3)CC[C@]3(C)[C@H](C(=O)C=C4[C@@]5(C)C=C(C#N)C(=O)C(C)(C)[C@@H]5CC[C@]43C)[C@@H]2C1. The van der Waals surface area contributed by atoms with Gasteiger partial charge >= 0.3 is 0 Å². The van der Waals surface area contributed by atoms with Gasteiger partial charge in [0.05, 0.1) is 11.0 Å². The molecule has 1 aromatic rings. The van der Waals surface area contributed by atoms with Crippen molar-refractivity contribution in [1.82, 2.24) is 10.1 Å². The van der Waals surface area contributed by atoms with Crippen molar-refractivity contribution in [2.75, 3.05) is 6.54 Å². The second kappa shape index (κ2) is 8.72. The summed E-state index contributed by atoms with van der Waals surface area (Å²) in [6.45, 7) is 16.0. The monoisotopic (exact) mass is 558 g/mol. The molecule has 7 heteroatoms. The second-order valence-electron chi connectivity index (χ2n) is 16.0. The van der Waals surface area contributed by atoms with Gasteiger partial charge in [-0.25, -0.2) is 0 Å². The van der Waals surface area contributed by atoms with E-state index in [1.807, 2.05) is 26.0 Å². The molecule has 0 saturated heterocycles. The molecule has 0 amide bonds. The second-order valence-corrected chi connectivity index (χ2v) is 16.0. The van der Waals surface area contributed by atoms with Crippen molar-refractivity contribution in [3.05, 3.63) is 35.0 Å². The summed E-state index contributed by atoms with van der Waals surface area (Å²) in [6.07, 6.45) is 11.0. The number of carbonyl (C=O) groups is 2. The van der Waals surface area contributed by atoms with Crippen LogP contribution in [0.4, 0.5) is 0 Å². The van der Waals surface area contributed by atoms with Gasteiger partial charge in [0.15, 0.2) is 17.4 Å². The molecule has 3 saturated carbocycles. The number of Topliss-reactive ketones (excluding diaryl/α,β-unsaturated/α-hetero) is 1. The fraction of sp³-hybridized carbons (Fsp3) is 0.735. The molecule has 0 aliphatic heterocycles. The Kier molecular flexibility index (Phi) is 6.07. The summed E-state index contributed by atoms with van der Waals surface area (Å²) >= 11 is 0. The van der Waals surface area contributed by atoms with Crippen molar-refractivity contribution in [3.63, 3.8) is 0 Å². The molecule has 0 aromatic carbocycles. The largest absolute Gasteiger partial charge is 0.339 e. The number of ketones is 2. The van der Waals surface area contributed by atoms with Gasteiger partial charge in [-0.2, -0.15) is 10.2 Å². The average molecular weight is 559 g/mol. The number of carbonyl (C=O) groups excluding carboxylic acids is 2. The van der Waals surface area contributed by atoms with Gasteiger partial charge in [0.2, 0.25) is 5.89 Å². The molecule has 5 aliphatic carbocycles. The molecule has 41 heavy (non-hydrogen) atoms. The molecule has 2 N–H and O–H groups in total. The lowest BCUT2D eigenvalue weighted by atomic mass is 9.34. The van der Waals surface area contributed by atoms with Gasteiger partial charge in [-0.3, -0.25) is 9.59 Å². The molecule has 7 nitrogen and oxygen atoms in total. The zero-order valence-corrected chi connectivity index (χ0v) is 25.9. The predicted molar refractivity (Wildman–Crippen MR) is 155 cm³/mol. The third-order valence-corrected chi connectivity index (χ3v) is 13.1. The number of nitrogens with zero attached hydrogens (tertiary/aromatic N) is 3. The highest BCUT2D eigenvalue weighted by Gasteiger charge is 2.70. The van der Waals surface area contributed by atoms with Gasteiger partial charge in [-0.1, -0.05) is 65.3 Å². The van der Waals surface area contributed by atoms with Gasteiger partial charge in [0.25, 0.3) is 0 Å². The topological polar surface area (TPSA) is 123 Å². The smallest absolute Gasteiger partial charge is 0.233 e. The normalized spacial score (nSPS) is 42.6. The lowest BCUT2D eigenvalue weighted by Gasteiger charge is -2.68. The lowest BCUT2D eigenvalue weighted by molar-refractivity contribution is -0.161. The highest BCUT2D eigenvalue weighted by atomic mass is 16.5. The van der Waals surface area contributed by atoms with Crippen LogP contribution in [0.2, 0.25) is 0 Å². The van der Waals surface area contributed by atoms with Crippen molar-refractivity contribution < 1.29 is 14.1 Å². The quantitative estimate of drug-likeness (QED) is 0.480. The standard InChI is InChI=1S/C34H46N4O3/c1-29(2)11-13-34(28-37-25(9-15-35)38-41-28)14-12-33(7)26(21(34)18-29)22(39)16-24-31(5)17-20(19-36)27(40)30(3,4)23(31)8-10-32(24,33)6/h16-17,21,23,26H,8-15,18,35H2,1-7H3/t21-,23-,26-,31-,32+,33+,34-/m0/s1. The molecule has 6 rings (SSSR count). The van der Waals surface area contributed by atoms with Crippen LogP contribution >= 0.6 is 0 Å². The summed E-state index contributed by atoms with van der Waals surface area (Å²) in [4.78, 5) is 32.8. The van der Waals surface area contributed by atoms with Crippen molar-refractivity contribution in [3.8, 4) is 6.07 Å². The molecule has 0 bridgehead atoms. The molecule has 1 aromatic heterocycles. The first-order chi connectivity index (χ1) is 19.1. The van der Waals surface area contributed by atoms with E-state index >= 15 is 0 Å². The number of allylic oxidation sites excluding steroid dienone is 4. The maximum absolute atomic E-state index is 14.7. The third-order valence-electron chi connectivity index (χ3n) is 13.1. The fourth-order valence-corrected chi connectivity index (χ4v) is 10.7. The molecule has 220 valence electrons. The van der Waals surface area contributed by atoms with Crippen LogP contribution in [0.3, 0.4) is 0 Å². The van der Waals surface area contributed by atoms with E-state index in [-0.39, 0.29) is 56.6 Å². The predicted octanol–water partition coefficient (Wildman–Crippen LogP) is 6.04. The van der Waals surface area contributed by atoms with Crippen molar-refractivity contribution >= 4 is 11.6 Å². The van der Waals surface area contributed by atoms with Crippen LogP contribution in [0.5, 0.6) is 0 Å². The molecule has 0 unspecified atom stereocenters. The van der Waals surface area contributed by atoms with Crippen molar-refractivity contribution in [2.45, 2.75) is 105 Å². The van der Waals surface area contributed by atoms with E-state index in [0.29, 0.717) is 24.7 Å². The van der Waals surface area contributed by atoms with Crippen LogP contribution in [0.25, 0.3) is 0 Å². The van der Waals surface area contributed by atoms with E-state index in [1.165, 1.54) is 0 Å². The Balaban J connectivity index is 1.51. The Bertz CT molecular complexity index is 1430. The minimum absolute atomic E-state index is 0.0440. The van der Waals surface area contributed by atoms with Crippen LogP contribution in [0, 0.1) is 56.2 Å². The number of rotatable bonds is 3. The number of aromatic nitrogens is 2. The van der Waals surface area contributed by atoms with Crippen molar-refractivity contribution in [1.29, 1.82) is 5.26 Å². The van der Waals surface area contributed by atoms with Crippen LogP contribution in [-0.2, 0) is 21.4 Å². The zero-order chi connectivity index (χ0) is 29.8. The summed E-state index contributed by atoms with van der Waals surface area (Å²) in [5, 5.41) is 14.2. The summed E-state index contributed by atoms with van der Waals surface area (Å²) < 4.78 is 5.99. The van der Waals surface area contributed by atoms with Crippen LogP contribution in [0.15, 0.2) is 27.8 Å². The number of hydrogen-bond donors (Lipinski definition) is 1. The van der Waals surface area contributed by atoms with Gasteiger partial charge in [0.1, 0.15) is 6.07 Å². The Morgan fingerprint density at radius 2 is 1.76 bits per heavy atom. The third kappa shape index (κ3) is 3.58. The van der Waals surface area contributed by atoms with E-state index in [1.54, 1.807) is 0 Å². The number of fused-ring (bicyclic) bond motifs is 7. The summed E-state index contributed by atoms with van der Waals surface area (Å²) in [6, 6.07) is 2.20. The first-order valence-electron chi connectivity index (χ1n) is 15.6.